The SMILES string of the molecule is O=C(c1ccc(NC2=C(Cl)C(=O)N(c3ccc(Cl)cc3Cl)C2=O)cc1)N1CCCCC1. The van der Waals surface area contributed by atoms with Crippen molar-refractivity contribution in [2.45, 2.75) is 19.3 Å². The smallest absolute Gasteiger partial charge is 0.283 e. The molecule has 4 rings (SSSR count). The maximum absolute atomic E-state index is 12.9. The summed E-state index contributed by atoms with van der Waals surface area (Å²) in [5, 5.41) is 3.18. The molecule has 3 amide bonds. The van der Waals surface area contributed by atoms with Crippen molar-refractivity contribution in [2.24, 2.45) is 0 Å². The van der Waals surface area contributed by atoms with Crippen LogP contribution in [0.15, 0.2) is 53.2 Å². The number of rotatable bonds is 4. The van der Waals surface area contributed by atoms with Gasteiger partial charge < -0.3 is 10.2 Å². The molecule has 6 nitrogen and oxygen atoms in total. The van der Waals surface area contributed by atoms with Gasteiger partial charge in [-0.05, 0) is 61.7 Å². The van der Waals surface area contributed by atoms with Crippen molar-refractivity contribution < 1.29 is 14.4 Å². The zero-order chi connectivity index (χ0) is 22.1. The Morgan fingerprint density at radius 3 is 2.19 bits per heavy atom. The first-order valence-electron chi connectivity index (χ1n) is 9.77. The second-order valence-electron chi connectivity index (χ2n) is 7.29. The Kier molecular flexibility index (Phi) is 6.23. The Morgan fingerprint density at radius 1 is 0.871 bits per heavy atom. The number of carbonyl (C=O) groups excluding carboxylic acids is 3. The van der Waals surface area contributed by atoms with Crippen LogP contribution in [0.2, 0.25) is 10.0 Å². The number of nitrogens with one attached hydrogen (secondary N) is 1. The molecular formula is C22H18Cl3N3O3. The molecule has 0 radical (unpaired) electrons. The van der Waals surface area contributed by atoms with Crippen molar-refractivity contribution in [2.75, 3.05) is 23.3 Å². The third kappa shape index (κ3) is 4.28. The quantitative estimate of drug-likeness (QED) is 0.624. The van der Waals surface area contributed by atoms with Crippen LogP contribution in [0.25, 0.3) is 0 Å². The number of nitrogens with zero attached hydrogens (tertiary/aromatic N) is 2. The van der Waals surface area contributed by atoms with Crippen molar-refractivity contribution in [3.63, 3.8) is 0 Å². The fourth-order valence-corrected chi connectivity index (χ4v) is 4.32. The van der Waals surface area contributed by atoms with E-state index in [1.165, 1.54) is 18.2 Å². The second kappa shape index (κ2) is 8.91. The topological polar surface area (TPSA) is 69.7 Å². The van der Waals surface area contributed by atoms with Crippen molar-refractivity contribution in [3.8, 4) is 0 Å². The van der Waals surface area contributed by atoms with Crippen molar-refractivity contribution >= 4 is 63.9 Å². The minimum absolute atomic E-state index is 0.0147. The summed E-state index contributed by atoms with van der Waals surface area (Å²) in [5.74, 6) is -1.33. The molecule has 0 unspecified atom stereocenters. The number of piperidine rings is 1. The highest BCUT2D eigenvalue weighted by Crippen LogP contribution is 2.35. The Labute approximate surface area is 194 Å². The maximum atomic E-state index is 12.9. The highest BCUT2D eigenvalue weighted by Gasteiger charge is 2.39. The monoisotopic (exact) mass is 477 g/mol. The van der Waals surface area contributed by atoms with E-state index in [2.05, 4.69) is 5.32 Å². The largest absolute Gasteiger partial charge is 0.350 e. The fourth-order valence-electron chi connectivity index (χ4n) is 3.61. The minimum atomic E-state index is -0.685. The fraction of sp³-hybridized carbons (Fsp3) is 0.227. The molecule has 9 heteroatoms. The van der Waals surface area contributed by atoms with Crippen LogP contribution in [0.4, 0.5) is 11.4 Å². The van der Waals surface area contributed by atoms with Crippen LogP contribution in [-0.2, 0) is 9.59 Å². The van der Waals surface area contributed by atoms with E-state index in [0.717, 1.165) is 37.3 Å². The summed E-state index contributed by atoms with van der Waals surface area (Å²) in [6.45, 7) is 1.53. The van der Waals surface area contributed by atoms with Crippen LogP contribution in [0.1, 0.15) is 29.6 Å². The van der Waals surface area contributed by atoms with Crippen molar-refractivity contribution in [1.29, 1.82) is 0 Å². The van der Waals surface area contributed by atoms with E-state index < -0.39 is 11.8 Å². The Bertz CT molecular complexity index is 1090. The zero-order valence-corrected chi connectivity index (χ0v) is 18.6. The molecule has 160 valence electrons. The molecule has 1 fully saturated rings. The van der Waals surface area contributed by atoms with Gasteiger partial charge in [0.05, 0.1) is 10.7 Å². The number of amides is 3. The zero-order valence-electron chi connectivity index (χ0n) is 16.3. The first kappa shape index (κ1) is 21.7. The minimum Gasteiger partial charge on any atom is -0.350 e. The lowest BCUT2D eigenvalue weighted by atomic mass is 10.1. The van der Waals surface area contributed by atoms with Crippen LogP contribution in [0.3, 0.4) is 0 Å². The average molecular weight is 479 g/mol. The third-order valence-electron chi connectivity index (χ3n) is 5.22. The van der Waals surface area contributed by atoms with Crippen molar-refractivity contribution in [3.05, 3.63) is 68.8 Å². The van der Waals surface area contributed by atoms with Crippen LogP contribution in [0, 0.1) is 0 Å². The highest BCUT2D eigenvalue weighted by atomic mass is 35.5. The van der Waals surface area contributed by atoms with Crippen LogP contribution in [-0.4, -0.2) is 35.7 Å². The number of imide groups is 1. The summed E-state index contributed by atoms with van der Waals surface area (Å²) in [6.07, 6.45) is 3.18. The summed E-state index contributed by atoms with van der Waals surface area (Å²) in [4.78, 5) is 40.9. The lowest BCUT2D eigenvalue weighted by Gasteiger charge is -2.26. The first-order valence-corrected chi connectivity index (χ1v) is 10.9. The number of likely N-dealkylation sites (tertiary alicyclic amines) is 1. The summed E-state index contributed by atoms with van der Waals surface area (Å²) < 4.78 is 0. The molecule has 0 saturated carbocycles. The van der Waals surface area contributed by atoms with Gasteiger partial charge in [0.15, 0.2) is 0 Å². The second-order valence-corrected chi connectivity index (χ2v) is 8.51. The highest BCUT2D eigenvalue weighted by molar-refractivity contribution is 6.53. The molecule has 0 atom stereocenters. The molecule has 2 aromatic carbocycles. The van der Waals surface area contributed by atoms with Gasteiger partial charge in [-0.1, -0.05) is 34.8 Å². The normalized spacial score (nSPS) is 16.9. The van der Waals surface area contributed by atoms with Crippen molar-refractivity contribution in [1.82, 2.24) is 4.90 Å². The maximum Gasteiger partial charge on any atom is 0.283 e. The van der Waals surface area contributed by atoms with E-state index in [1.807, 2.05) is 4.90 Å². The van der Waals surface area contributed by atoms with E-state index in [0.29, 0.717) is 16.3 Å². The first-order chi connectivity index (χ1) is 14.9. The van der Waals surface area contributed by atoms with Gasteiger partial charge in [0, 0.05) is 29.4 Å². The van der Waals surface area contributed by atoms with Crippen LogP contribution in [0.5, 0.6) is 0 Å². The number of halogens is 3. The molecule has 0 aliphatic carbocycles. The number of hydrogen-bond donors (Lipinski definition) is 1. The molecule has 2 aromatic rings. The summed E-state index contributed by atoms with van der Waals surface area (Å²) in [7, 11) is 0. The molecular weight excluding hydrogens is 461 g/mol. The molecule has 1 saturated heterocycles. The molecule has 1 N–H and O–H groups in total. The van der Waals surface area contributed by atoms with E-state index in [9.17, 15) is 14.4 Å². The van der Waals surface area contributed by atoms with E-state index in [1.54, 1.807) is 24.3 Å². The van der Waals surface area contributed by atoms with Gasteiger partial charge in [0.25, 0.3) is 17.7 Å². The summed E-state index contributed by atoms with van der Waals surface area (Å²) in [5.41, 5.74) is 1.22. The molecule has 2 aliphatic rings. The van der Waals surface area contributed by atoms with E-state index in [-0.39, 0.29) is 27.3 Å². The predicted octanol–water partition coefficient (Wildman–Crippen LogP) is 5.06. The standard InChI is InChI=1S/C22H18Cl3N3O3/c23-14-6-9-17(16(24)12-14)28-21(30)18(25)19(22(28)31)26-15-7-4-13(5-8-15)20(29)27-10-2-1-3-11-27/h4-9,12,26H,1-3,10-11H2. The van der Waals surface area contributed by atoms with Gasteiger partial charge >= 0.3 is 0 Å². The molecule has 0 bridgehead atoms. The van der Waals surface area contributed by atoms with E-state index in [4.69, 9.17) is 34.8 Å². The Morgan fingerprint density at radius 2 is 1.55 bits per heavy atom. The predicted molar refractivity (Wildman–Crippen MR) is 122 cm³/mol. The van der Waals surface area contributed by atoms with Crippen LogP contribution >= 0.6 is 34.8 Å². The van der Waals surface area contributed by atoms with Gasteiger partial charge in [-0.3, -0.25) is 14.4 Å². The molecule has 2 aliphatic heterocycles. The molecule has 0 aromatic heterocycles. The summed E-state index contributed by atoms with van der Waals surface area (Å²) in [6, 6.07) is 11.2. The Balaban J connectivity index is 1.51. The van der Waals surface area contributed by atoms with Gasteiger partial charge in [0.2, 0.25) is 0 Å². The van der Waals surface area contributed by atoms with Crippen LogP contribution < -0.4 is 10.2 Å². The lowest BCUT2D eigenvalue weighted by molar-refractivity contribution is -0.120. The number of hydrogen-bond acceptors (Lipinski definition) is 4. The van der Waals surface area contributed by atoms with Gasteiger partial charge in [0.1, 0.15) is 10.7 Å². The van der Waals surface area contributed by atoms with E-state index >= 15 is 0 Å². The number of anilines is 2. The third-order valence-corrected chi connectivity index (χ3v) is 6.11. The average Bonchev–Trinajstić information content (AvgIpc) is 2.98. The van der Waals surface area contributed by atoms with Gasteiger partial charge in [-0.2, -0.15) is 0 Å². The van der Waals surface area contributed by atoms with Gasteiger partial charge in [-0.25, -0.2) is 4.90 Å². The molecule has 31 heavy (non-hydrogen) atoms. The lowest BCUT2D eigenvalue weighted by Crippen LogP contribution is -2.35. The summed E-state index contributed by atoms with van der Waals surface area (Å²) >= 11 is 18.2. The molecule has 2 heterocycles. The van der Waals surface area contributed by atoms with Gasteiger partial charge in [-0.15, -0.1) is 0 Å². The Hall–Kier alpha value is -2.54. The number of carbonyl (C=O) groups is 3. The molecule has 0 spiro atoms. The number of benzene rings is 2.